The molecule has 2 aliphatic heterocycles. The SMILES string of the molecule is CC(C)N1CCN(Cc2ccc3onc(N4CCC(=O)NC4=O)c3c2)[C@H](C)C1. The van der Waals surface area contributed by atoms with E-state index >= 15 is 0 Å². The number of rotatable bonds is 4. The van der Waals surface area contributed by atoms with Crippen molar-refractivity contribution < 1.29 is 14.1 Å². The van der Waals surface area contributed by atoms with Gasteiger partial charge in [-0.05, 0) is 38.5 Å². The van der Waals surface area contributed by atoms with Gasteiger partial charge < -0.3 is 4.52 Å². The Bertz CT molecular complexity index is 893. The van der Waals surface area contributed by atoms with Crippen LogP contribution in [-0.2, 0) is 11.3 Å². The number of nitrogens with zero attached hydrogens (tertiary/aromatic N) is 4. The number of fused-ring (bicyclic) bond motifs is 1. The summed E-state index contributed by atoms with van der Waals surface area (Å²) in [4.78, 5) is 30.1. The van der Waals surface area contributed by atoms with Gasteiger partial charge in [0.15, 0.2) is 11.4 Å². The molecule has 8 nitrogen and oxygen atoms in total. The average Bonchev–Trinajstić information content (AvgIpc) is 3.06. The topological polar surface area (TPSA) is 81.9 Å². The zero-order valence-corrected chi connectivity index (χ0v) is 16.6. The highest BCUT2D eigenvalue weighted by Crippen LogP contribution is 2.29. The number of amides is 3. The summed E-state index contributed by atoms with van der Waals surface area (Å²) in [5.41, 5.74) is 1.80. The third kappa shape index (κ3) is 3.62. The van der Waals surface area contributed by atoms with E-state index in [0.717, 1.165) is 37.1 Å². The normalized spacial score (nSPS) is 22.3. The van der Waals surface area contributed by atoms with Crippen LogP contribution in [0, 0.1) is 0 Å². The maximum atomic E-state index is 12.2. The van der Waals surface area contributed by atoms with Gasteiger partial charge in [0, 0.05) is 51.2 Å². The smallest absolute Gasteiger partial charge is 0.329 e. The molecular weight excluding hydrogens is 358 g/mol. The van der Waals surface area contributed by atoms with Crippen molar-refractivity contribution in [2.75, 3.05) is 31.1 Å². The molecule has 2 saturated heterocycles. The zero-order chi connectivity index (χ0) is 19.8. The van der Waals surface area contributed by atoms with E-state index in [1.165, 1.54) is 4.90 Å². The van der Waals surface area contributed by atoms with E-state index < -0.39 is 6.03 Å². The van der Waals surface area contributed by atoms with Gasteiger partial charge in [0.1, 0.15) is 0 Å². The van der Waals surface area contributed by atoms with E-state index in [2.05, 4.69) is 47.1 Å². The number of aromatic nitrogens is 1. The lowest BCUT2D eigenvalue weighted by molar-refractivity contribution is -0.120. The molecule has 0 spiro atoms. The summed E-state index contributed by atoms with van der Waals surface area (Å²) < 4.78 is 5.41. The summed E-state index contributed by atoms with van der Waals surface area (Å²) in [6, 6.07) is 6.61. The second kappa shape index (κ2) is 7.52. The molecule has 0 radical (unpaired) electrons. The first kappa shape index (κ1) is 18.9. The lowest BCUT2D eigenvalue weighted by Crippen LogP contribution is -2.53. The fraction of sp³-hybridized carbons (Fsp3) is 0.550. The molecule has 1 N–H and O–H groups in total. The molecule has 2 fully saturated rings. The average molecular weight is 385 g/mol. The Morgan fingerprint density at radius 1 is 1.25 bits per heavy atom. The Morgan fingerprint density at radius 3 is 2.79 bits per heavy atom. The molecule has 1 aromatic carbocycles. The Morgan fingerprint density at radius 2 is 2.07 bits per heavy atom. The Balaban J connectivity index is 1.53. The Kier molecular flexibility index (Phi) is 5.07. The molecule has 0 saturated carbocycles. The van der Waals surface area contributed by atoms with Crippen LogP contribution < -0.4 is 10.2 Å². The summed E-state index contributed by atoms with van der Waals surface area (Å²) in [6.07, 6.45) is 0.261. The second-order valence-corrected chi connectivity index (χ2v) is 8.00. The zero-order valence-electron chi connectivity index (χ0n) is 16.6. The summed E-state index contributed by atoms with van der Waals surface area (Å²) in [5.74, 6) is 0.212. The molecule has 0 bridgehead atoms. The van der Waals surface area contributed by atoms with Gasteiger partial charge in [-0.3, -0.25) is 24.8 Å². The maximum Gasteiger partial charge on any atom is 0.329 e. The number of hydrogen-bond acceptors (Lipinski definition) is 6. The van der Waals surface area contributed by atoms with Gasteiger partial charge in [0.05, 0.1) is 5.39 Å². The van der Waals surface area contributed by atoms with Crippen LogP contribution in [0.4, 0.5) is 10.6 Å². The molecule has 3 amide bonds. The number of urea groups is 1. The third-order valence-corrected chi connectivity index (χ3v) is 5.74. The predicted octanol–water partition coefficient (Wildman–Crippen LogP) is 2.19. The number of piperazine rings is 1. The molecule has 150 valence electrons. The standard InChI is InChI=1S/C20H27N5O3/c1-13(2)23-8-9-24(14(3)11-23)12-15-4-5-17-16(10-15)19(22-28-17)25-7-6-18(26)21-20(25)27/h4-5,10,13-14H,6-9,11-12H2,1-3H3,(H,21,26,27)/t14-/m1/s1. The number of anilines is 1. The highest BCUT2D eigenvalue weighted by Gasteiger charge is 2.29. The molecule has 2 aromatic rings. The third-order valence-electron chi connectivity index (χ3n) is 5.74. The van der Waals surface area contributed by atoms with Crippen molar-refractivity contribution in [1.82, 2.24) is 20.3 Å². The minimum absolute atomic E-state index is 0.260. The van der Waals surface area contributed by atoms with Gasteiger partial charge in [-0.15, -0.1) is 0 Å². The van der Waals surface area contributed by atoms with E-state index in [0.29, 0.717) is 30.0 Å². The van der Waals surface area contributed by atoms with Crippen molar-refractivity contribution in [3.05, 3.63) is 23.8 Å². The Hall–Kier alpha value is -2.45. The molecule has 8 heteroatoms. The number of carbonyl (C=O) groups excluding carboxylic acids is 2. The van der Waals surface area contributed by atoms with Crippen LogP contribution in [-0.4, -0.2) is 65.2 Å². The summed E-state index contributed by atoms with van der Waals surface area (Å²) >= 11 is 0. The summed E-state index contributed by atoms with van der Waals surface area (Å²) in [7, 11) is 0. The quantitative estimate of drug-likeness (QED) is 0.869. The number of carbonyl (C=O) groups is 2. The Labute approximate surface area is 164 Å². The first-order chi connectivity index (χ1) is 13.4. The van der Waals surface area contributed by atoms with Crippen molar-refractivity contribution in [2.45, 2.75) is 45.8 Å². The lowest BCUT2D eigenvalue weighted by Gasteiger charge is -2.41. The summed E-state index contributed by atoms with van der Waals surface area (Å²) in [5, 5.41) is 7.22. The summed E-state index contributed by atoms with van der Waals surface area (Å²) in [6.45, 7) is 11.1. The first-order valence-electron chi connectivity index (χ1n) is 9.90. The van der Waals surface area contributed by atoms with Crippen molar-refractivity contribution in [1.29, 1.82) is 0 Å². The van der Waals surface area contributed by atoms with E-state index in [-0.39, 0.29) is 12.3 Å². The molecule has 0 unspecified atom stereocenters. The molecule has 1 aromatic heterocycles. The van der Waals surface area contributed by atoms with Crippen LogP contribution in [0.15, 0.2) is 22.7 Å². The molecule has 2 aliphatic rings. The van der Waals surface area contributed by atoms with Gasteiger partial charge in [-0.2, -0.15) is 0 Å². The van der Waals surface area contributed by atoms with Gasteiger partial charge >= 0.3 is 6.03 Å². The van der Waals surface area contributed by atoms with E-state index in [1.54, 1.807) is 0 Å². The predicted molar refractivity (Wildman–Crippen MR) is 106 cm³/mol. The maximum absolute atomic E-state index is 12.2. The van der Waals surface area contributed by atoms with E-state index in [9.17, 15) is 9.59 Å². The van der Waals surface area contributed by atoms with Gasteiger partial charge in [-0.1, -0.05) is 11.2 Å². The van der Waals surface area contributed by atoms with Crippen molar-refractivity contribution in [2.24, 2.45) is 0 Å². The van der Waals surface area contributed by atoms with Gasteiger partial charge in [0.2, 0.25) is 5.91 Å². The number of imide groups is 1. The van der Waals surface area contributed by atoms with Crippen LogP contribution in [0.2, 0.25) is 0 Å². The van der Waals surface area contributed by atoms with Crippen LogP contribution in [0.1, 0.15) is 32.8 Å². The largest absolute Gasteiger partial charge is 0.354 e. The van der Waals surface area contributed by atoms with Crippen LogP contribution >= 0.6 is 0 Å². The van der Waals surface area contributed by atoms with Gasteiger partial charge in [-0.25, -0.2) is 4.79 Å². The van der Waals surface area contributed by atoms with Crippen molar-refractivity contribution in [3.63, 3.8) is 0 Å². The minimum Gasteiger partial charge on any atom is -0.354 e. The highest BCUT2D eigenvalue weighted by atomic mass is 16.5. The lowest BCUT2D eigenvalue weighted by atomic mass is 10.1. The van der Waals surface area contributed by atoms with Crippen LogP contribution in [0.25, 0.3) is 11.0 Å². The second-order valence-electron chi connectivity index (χ2n) is 8.00. The first-order valence-corrected chi connectivity index (χ1v) is 9.90. The molecule has 0 aliphatic carbocycles. The van der Waals surface area contributed by atoms with Crippen LogP contribution in [0.5, 0.6) is 0 Å². The minimum atomic E-state index is -0.449. The molecule has 28 heavy (non-hydrogen) atoms. The van der Waals surface area contributed by atoms with E-state index in [4.69, 9.17) is 4.52 Å². The van der Waals surface area contributed by atoms with Crippen molar-refractivity contribution >= 4 is 28.7 Å². The number of nitrogens with one attached hydrogen (secondary N) is 1. The molecule has 4 rings (SSSR count). The van der Waals surface area contributed by atoms with E-state index in [1.807, 2.05) is 12.1 Å². The fourth-order valence-electron chi connectivity index (χ4n) is 3.99. The molecule has 1 atom stereocenters. The number of hydrogen-bond donors (Lipinski definition) is 1. The van der Waals surface area contributed by atoms with Crippen LogP contribution in [0.3, 0.4) is 0 Å². The molecular formula is C20H27N5O3. The molecule has 3 heterocycles. The van der Waals surface area contributed by atoms with Gasteiger partial charge in [0.25, 0.3) is 0 Å². The highest BCUT2D eigenvalue weighted by molar-refractivity contribution is 6.08. The monoisotopic (exact) mass is 385 g/mol. The number of benzene rings is 1. The van der Waals surface area contributed by atoms with Crippen molar-refractivity contribution in [3.8, 4) is 0 Å². The fourth-order valence-corrected chi connectivity index (χ4v) is 3.99.